The third-order valence-electron chi connectivity index (χ3n) is 6.87. The van der Waals surface area contributed by atoms with Gasteiger partial charge in [-0.25, -0.2) is 4.79 Å². The largest absolute Gasteiger partial charge is 0.481 e. The van der Waals surface area contributed by atoms with E-state index in [2.05, 4.69) is 24.0 Å². The minimum absolute atomic E-state index is 0.0729. The van der Waals surface area contributed by atoms with Gasteiger partial charge in [-0.05, 0) is 64.1 Å². The van der Waals surface area contributed by atoms with Crippen LogP contribution in [0.15, 0.2) is 42.5 Å². The number of esters is 1. The molecule has 1 aromatic carbocycles. The van der Waals surface area contributed by atoms with Crippen molar-refractivity contribution in [3.63, 3.8) is 0 Å². The molecule has 1 aliphatic heterocycles. The van der Waals surface area contributed by atoms with E-state index in [1.54, 1.807) is 0 Å². The molecule has 0 bridgehead atoms. The fourth-order valence-corrected chi connectivity index (χ4v) is 4.67. The first-order chi connectivity index (χ1) is 17.4. The molecule has 0 amide bonds. The van der Waals surface area contributed by atoms with Gasteiger partial charge >= 0.3 is 23.9 Å². The summed E-state index contributed by atoms with van der Waals surface area (Å²) in [7, 11) is 0. The summed E-state index contributed by atoms with van der Waals surface area (Å²) in [6, 6.07) is 10.4. The lowest BCUT2D eigenvalue weighted by molar-refractivity contribution is -0.170. The third-order valence-corrected chi connectivity index (χ3v) is 6.87. The van der Waals surface area contributed by atoms with Gasteiger partial charge in [0.15, 0.2) is 5.60 Å². The number of hydrogen-bond acceptors (Lipinski definition) is 7. The monoisotopic (exact) mass is 519 g/mol. The highest BCUT2D eigenvalue weighted by atomic mass is 16.5. The van der Waals surface area contributed by atoms with E-state index >= 15 is 0 Å². The first-order valence-electron chi connectivity index (χ1n) is 12.5. The lowest BCUT2D eigenvalue weighted by Gasteiger charge is -2.31. The van der Waals surface area contributed by atoms with Crippen molar-refractivity contribution in [1.82, 2.24) is 4.90 Å². The molecule has 0 radical (unpaired) electrons. The average molecular weight is 520 g/mol. The van der Waals surface area contributed by atoms with E-state index in [1.807, 2.05) is 37.3 Å². The van der Waals surface area contributed by atoms with Gasteiger partial charge in [0.05, 0.1) is 18.8 Å². The Labute approximate surface area is 216 Å². The highest BCUT2D eigenvalue weighted by Crippen LogP contribution is 2.34. The van der Waals surface area contributed by atoms with Crippen LogP contribution in [0.25, 0.3) is 0 Å². The number of carboxylic acid groups (broad SMARTS) is 3. The Balaban J connectivity index is 0.000000317. The van der Waals surface area contributed by atoms with Crippen LogP contribution >= 0.6 is 0 Å². The number of carbonyl (C=O) groups is 4. The number of aliphatic hydroxyl groups is 1. The highest BCUT2D eigenvalue weighted by molar-refractivity contribution is 5.88. The number of allylic oxidation sites excluding steroid dienone is 2. The van der Waals surface area contributed by atoms with Crippen molar-refractivity contribution in [1.29, 1.82) is 0 Å². The van der Waals surface area contributed by atoms with Crippen LogP contribution in [0.4, 0.5) is 0 Å². The molecule has 0 aromatic heterocycles. The number of hydrogen-bond donors (Lipinski definition) is 4. The molecular formula is C27H37NO9. The zero-order chi connectivity index (χ0) is 27.6. The molecule has 4 N–H and O–H groups in total. The van der Waals surface area contributed by atoms with Crippen LogP contribution in [0, 0.1) is 5.92 Å². The van der Waals surface area contributed by atoms with E-state index in [-0.39, 0.29) is 30.0 Å². The lowest BCUT2D eigenvalue weighted by Crippen LogP contribution is -2.42. The second kappa shape index (κ2) is 13.9. The maximum Gasteiger partial charge on any atom is 0.336 e. The number of carbonyl (C=O) groups excluding carboxylic acids is 1. The topological polar surface area (TPSA) is 162 Å². The fourth-order valence-electron chi connectivity index (χ4n) is 4.67. The molecule has 0 saturated carbocycles. The number of carboxylic acids is 3. The van der Waals surface area contributed by atoms with Gasteiger partial charge in [0.25, 0.3) is 0 Å². The minimum Gasteiger partial charge on any atom is -0.481 e. The molecule has 1 aliphatic carbocycles. The standard InChI is InChI=1S/C21H29NO2.C6H8O7/c1-16(22-14-8-9-15-22)17(2)24-21(23)20(19-12-6-7-13-19)18-10-4-3-5-11-18;7-3(8)1-6(13,5(11)12)2-4(9)10/h3-6,10-12,16-17,19-20H,7-9,13-15H2,1-2H3;13H,1-2H2,(H,7,8)(H,9,10)(H,11,12). The Hall–Kier alpha value is -3.24. The van der Waals surface area contributed by atoms with Crippen molar-refractivity contribution in [2.75, 3.05) is 13.1 Å². The predicted octanol–water partition coefficient (Wildman–Crippen LogP) is 2.90. The van der Waals surface area contributed by atoms with Gasteiger partial charge < -0.3 is 25.2 Å². The molecule has 0 spiro atoms. The quantitative estimate of drug-likeness (QED) is 0.253. The zero-order valence-corrected chi connectivity index (χ0v) is 21.3. The zero-order valence-electron chi connectivity index (χ0n) is 21.3. The van der Waals surface area contributed by atoms with Crippen LogP contribution in [-0.2, 0) is 23.9 Å². The summed E-state index contributed by atoms with van der Waals surface area (Å²) < 4.78 is 5.94. The Kier molecular flexibility index (Phi) is 11.3. The van der Waals surface area contributed by atoms with E-state index in [0.29, 0.717) is 0 Å². The van der Waals surface area contributed by atoms with Crippen molar-refractivity contribution in [3.8, 4) is 0 Å². The molecule has 1 heterocycles. The Morgan fingerprint density at radius 2 is 1.57 bits per heavy atom. The summed E-state index contributed by atoms with van der Waals surface area (Å²) in [6.07, 6.45) is 6.61. The van der Waals surface area contributed by atoms with E-state index in [4.69, 9.17) is 25.2 Å². The molecule has 4 atom stereocenters. The minimum atomic E-state index is -2.74. The summed E-state index contributed by atoms with van der Waals surface area (Å²) in [5.74, 6) is -5.02. The van der Waals surface area contributed by atoms with E-state index in [9.17, 15) is 19.2 Å². The highest BCUT2D eigenvalue weighted by Gasteiger charge is 2.40. The molecule has 4 unspecified atom stereocenters. The fraction of sp³-hybridized carbons (Fsp3) is 0.556. The van der Waals surface area contributed by atoms with Crippen molar-refractivity contribution in [2.45, 2.75) is 76.0 Å². The molecule has 10 heteroatoms. The maximum atomic E-state index is 13.0. The first-order valence-corrected chi connectivity index (χ1v) is 12.5. The molecule has 1 aromatic rings. The molecule has 10 nitrogen and oxygen atoms in total. The van der Waals surface area contributed by atoms with Gasteiger partial charge in [-0.2, -0.15) is 0 Å². The Morgan fingerprint density at radius 1 is 1.00 bits per heavy atom. The van der Waals surface area contributed by atoms with Crippen LogP contribution in [0.5, 0.6) is 0 Å². The summed E-state index contributed by atoms with van der Waals surface area (Å²) in [5.41, 5.74) is -1.67. The van der Waals surface area contributed by atoms with Crippen LogP contribution < -0.4 is 0 Å². The maximum absolute atomic E-state index is 13.0. The van der Waals surface area contributed by atoms with Crippen molar-refractivity contribution in [2.24, 2.45) is 5.92 Å². The molecule has 37 heavy (non-hydrogen) atoms. The SMILES string of the molecule is CC(OC(=O)C(c1ccccc1)C1C=CCC1)C(C)N1CCCC1.O=C(O)CC(O)(CC(=O)O)C(=O)O. The van der Waals surface area contributed by atoms with E-state index in [0.717, 1.165) is 31.5 Å². The van der Waals surface area contributed by atoms with Crippen LogP contribution in [0.3, 0.4) is 0 Å². The van der Waals surface area contributed by atoms with Crippen LogP contribution in [0.2, 0.25) is 0 Å². The molecule has 1 saturated heterocycles. The Morgan fingerprint density at radius 3 is 2.03 bits per heavy atom. The van der Waals surface area contributed by atoms with Crippen molar-refractivity contribution in [3.05, 3.63) is 48.0 Å². The van der Waals surface area contributed by atoms with Crippen molar-refractivity contribution >= 4 is 23.9 Å². The summed E-state index contributed by atoms with van der Waals surface area (Å²) in [6.45, 7) is 6.46. The smallest absolute Gasteiger partial charge is 0.336 e. The van der Waals surface area contributed by atoms with Gasteiger partial charge in [0.1, 0.15) is 6.10 Å². The molecule has 2 aliphatic rings. The number of nitrogens with zero attached hydrogens (tertiary/aromatic N) is 1. The van der Waals surface area contributed by atoms with Gasteiger partial charge in [0.2, 0.25) is 0 Å². The number of benzene rings is 1. The summed E-state index contributed by atoms with van der Waals surface area (Å²) in [4.78, 5) is 45.9. The molecular weight excluding hydrogens is 482 g/mol. The van der Waals surface area contributed by atoms with Crippen molar-refractivity contribution < 1.29 is 44.3 Å². The average Bonchev–Trinajstić information content (AvgIpc) is 3.53. The van der Waals surface area contributed by atoms with Crippen LogP contribution in [-0.4, -0.2) is 80.0 Å². The number of rotatable bonds is 11. The van der Waals surface area contributed by atoms with Crippen LogP contribution in [0.1, 0.15) is 63.9 Å². The number of aliphatic carboxylic acids is 3. The summed E-state index contributed by atoms with van der Waals surface area (Å²) >= 11 is 0. The number of ether oxygens (including phenoxy) is 1. The molecule has 3 rings (SSSR count). The van der Waals surface area contributed by atoms with Gasteiger partial charge in [0, 0.05) is 6.04 Å². The number of likely N-dealkylation sites (tertiary alicyclic amines) is 1. The first kappa shape index (κ1) is 30.0. The van der Waals surface area contributed by atoms with Gasteiger partial charge in [-0.3, -0.25) is 19.3 Å². The molecule has 204 valence electrons. The predicted molar refractivity (Wildman–Crippen MR) is 134 cm³/mol. The second-order valence-electron chi connectivity index (χ2n) is 9.66. The Bertz CT molecular complexity index is 940. The normalized spacial score (nSPS) is 19.8. The van der Waals surface area contributed by atoms with Gasteiger partial charge in [-0.15, -0.1) is 0 Å². The van der Waals surface area contributed by atoms with E-state index in [1.165, 1.54) is 12.8 Å². The second-order valence-corrected chi connectivity index (χ2v) is 9.66. The molecule has 1 fully saturated rings. The van der Waals surface area contributed by atoms with Gasteiger partial charge in [-0.1, -0.05) is 42.5 Å². The third kappa shape index (κ3) is 8.98. The summed E-state index contributed by atoms with van der Waals surface area (Å²) in [5, 5.41) is 33.8. The van der Waals surface area contributed by atoms with E-state index < -0.39 is 36.4 Å². The lowest BCUT2D eigenvalue weighted by atomic mass is 9.85.